The molecule has 3 rings (SSSR count). The van der Waals surface area contributed by atoms with Gasteiger partial charge in [-0.2, -0.15) is 0 Å². The molecule has 0 amide bonds. The third-order valence-electron chi connectivity index (χ3n) is 4.26. The molecule has 1 aliphatic rings. The topological polar surface area (TPSA) is 0 Å². The quantitative estimate of drug-likeness (QED) is 0.540. The zero-order chi connectivity index (χ0) is 14.5. The van der Waals surface area contributed by atoms with Crippen molar-refractivity contribution in [1.29, 1.82) is 0 Å². The minimum absolute atomic E-state index is 1.14. The van der Waals surface area contributed by atoms with Crippen molar-refractivity contribution in [3.8, 4) is 0 Å². The average molecular weight is 341 g/mol. The highest BCUT2D eigenvalue weighted by molar-refractivity contribution is 9.10. The minimum atomic E-state index is 1.14. The largest absolute Gasteiger partial charge is 0.0622 e. The first kappa shape index (κ1) is 14.6. The van der Waals surface area contributed by atoms with Crippen LogP contribution in [-0.4, -0.2) is 0 Å². The lowest BCUT2D eigenvalue weighted by atomic mass is 9.90. The maximum atomic E-state index is 3.54. The molecule has 0 saturated heterocycles. The molecule has 21 heavy (non-hydrogen) atoms. The fraction of sp³-hybridized carbons (Fsp3) is 0.300. The number of hydrogen-bond donors (Lipinski definition) is 0. The molecule has 1 fully saturated rings. The van der Waals surface area contributed by atoms with Crippen molar-refractivity contribution in [2.75, 3.05) is 0 Å². The van der Waals surface area contributed by atoms with Crippen LogP contribution < -0.4 is 0 Å². The van der Waals surface area contributed by atoms with Gasteiger partial charge < -0.3 is 0 Å². The van der Waals surface area contributed by atoms with E-state index in [1.807, 2.05) is 0 Å². The van der Waals surface area contributed by atoms with Crippen molar-refractivity contribution in [2.45, 2.75) is 38.5 Å². The second-order valence-electron chi connectivity index (χ2n) is 5.77. The Bertz CT molecular complexity index is 598. The minimum Gasteiger partial charge on any atom is -0.0622 e. The molecular formula is C20H21Br. The van der Waals surface area contributed by atoms with Gasteiger partial charge in [0.25, 0.3) is 0 Å². The van der Waals surface area contributed by atoms with E-state index in [0.29, 0.717) is 0 Å². The summed E-state index contributed by atoms with van der Waals surface area (Å²) >= 11 is 3.54. The molecule has 0 atom stereocenters. The van der Waals surface area contributed by atoms with E-state index < -0.39 is 0 Å². The zero-order valence-corrected chi connectivity index (χ0v) is 13.9. The predicted octanol–water partition coefficient (Wildman–Crippen LogP) is 6.61. The summed E-state index contributed by atoms with van der Waals surface area (Å²) in [4.78, 5) is 0. The van der Waals surface area contributed by atoms with Crippen LogP contribution in [0.5, 0.6) is 0 Å². The summed E-state index contributed by atoms with van der Waals surface area (Å²) in [6.45, 7) is 0. The molecule has 0 unspecified atom stereocenters. The highest BCUT2D eigenvalue weighted by Crippen LogP contribution is 2.34. The Balaban J connectivity index is 2.10. The summed E-state index contributed by atoms with van der Waals surface area (Å²) in [5.41, 5.74) is 5.81. The lowest BCUT2D eigenvalue weighted by Crippen LogP contribution is -1.95. The normalized spacial score (nSPS) is 15.6. The molecule has 0 spiro atoms. The maximum Gasteiger partial charge on any atom is 0.0175 e. The summed E-state index contributed by atoms with van der Waals surface area (Å²) < 4.78 is 1.14. The van der Waals surface area contributed by atoms with Crippen LogP contribution in [0.1, 0.15) is 49.7 Å². The molecule has 0 bridgehead atoms. The van der Waals surface area contributed by atoms with Gasteiger partial charge in [0, 0.05) is 4.47 Å². The SMILES string of the molecule is Brc1ccc(C(=C2CCCCCC2)c2ccccc2)cc1. The average Bonchev–Trinajstić information content (AvgIpc) is 2.80. The third-order valence-corrected chi connectivity index (χ3v) is 4.78. The van der Waals surface area contributed by atoms with Crippen LogP contribution in [-0.2, 0) is 0 Å². The van der Waals surface area contributed by atoms with Gasteiger partial charge >= 0.3 is 0 Å². The second kappa shape index (κ2) is 7.09. The van der Waals surface area contributed by atoms with E-state index in [0.717, 1.165) is 4.47 Å². The van der Waals surface area contributed by atoms with E-state index in [1.165, 1.54) is 55.2 Å². The van der Waals surface area contributed by atoms with E-state index in [1.54, 1.807) is 5.57 Å². The van der Waals surface area contributed by atoms with Gasteiger partial charge in [0.2, 0.25) is 0 Å². The Morgan fingerprint density at radius 2 is 1.24 bits per heavy atom. The Morgan fingerprint density at radius 3 is 1.86 bits per heavy atom. The van der Waals surface area contributed by atoms with Crippen molar-refractivity contribution in [2.24, 2.45) is 0 Å². The van der Waals surface area contributed by atoms with Gasteiger partial charge in [-0.15, -0.1) is 0 Å². The second-order valence-corrected chi connectivity index (χ2v) is 6.68. The van der Waals surface area contributed by atoms with Gasteiger partial charge in [0.15, 0.2) is 0 Å². The first-order valence-electron chi connectivity index (χ1n) is 7.88. The smallest absolute Gasteiger partial charge is 0.0175 e. The van der Waals surface area contributed by atoms with Crippen LogP contribution in [0.2, 0.25) is 0 Å². The molecule has 1 saturated carbocycles. The van der Waals surface area contributed by atoms with E-state index >= 15 is 0 Å². The first-order valence-corrected chi connectivity index (χ1v) is 8.67. The van der Waals surface area contributed by atoms with Crippen LogP contribution in [0.25, 0.3) is 5.57 Å². The van der Waals surface area contributed by atoms with Crippen LogP contribution in [0.15, 0.2) is 64.6 Å². The Kier molecular flexibility index (Phi) is 4.92. The molecule has 1 heteroatoms. The van der Waals surface area contributed by atoms with Crippen molar-refractivity contribution in [1.82, 2.24) is 0 Å². The van der Waals surface area contributed by atoms with Gasteiger partial charge in [0.1, 0.15) is 0 Å². The Hall–Kier alpha value is -1.34. The molecule has 0 aromatic heterocycles. The van der Waals surface area contributed by atoms with Crippen molar-refractivity contribution >= 4 is 21.5 Å². The molecule has 0 radical (unpaired) electrons. The lowest BCUT2D eigenvalue weighted by molar-refractivity contribution is 0.702. The van der Waals surface area contributed by atoms with Crippen molar-refractivity contribution in [3.05, 3.63) is 75.8 Å². The molecule has 0 aliphatic heterocycles. The Labute approximate surface area is 136 Å². The molecule has 2 aromatic carbocycles. The van der Waals surface area contributed by atoms with Crippen molar-refractivity contribution in [3.63, 3.8) is 0 Å². The molecule has 108 valence electrons. The number of hydrogen-bond acceptors (Lipinski definition) is 0. The zero-order valence-electron chi connectivity index (χ0n) is 12.3. The predicted molar refractivity (Wildman–Crippen MR) is 94.3 cm³/mol. The molecule has 0 N–H and O–H groups in total. The fourth-order valence-electron chi connectivity index (χ4n) is 3.20. The summed E-state index contributed by atoms with van der Waals surface area (Å²) in [7, 11) is 0. The van der Waals surface area contributed by atoms with Gasteiger partial charge in [-0.3, -0.25) is 0 Å². The van der Waals surface area contributed by atoms with Gasteiger partial charge in [-0.05, 0) is 54.5 Å². The van der Waals surface area contributed by atoms with E-state index in [-0.39, 0.29) is 0 Å². The molecular weight excluding hydrogens is 320 g/mol. The summed E-state index contributed by atoms with van der Waals surface area (Å²) in [5, 5.41) is 0. The third kappa shape index (κ3) is 3.65. The summed E-state index contributed by atoms with van der Waals surface area (Å²) in [5.74, 6) is 0. The first-order chi connectivity index (χ1) is 10.3. The van der Waals surface area contributed by atoms with E-state index in [4.69, 9.17) is 0 Å². The molecule has 0 heterocycles. The highest BCUT2D eigenvalue weighted by Gasteiger charge is 2.13. The fourth-order valence-corrected chi connectivity index (χ4v) is 3.47. The molecule has 0 nitrogen and oxygen atoms in total. The Morgan fingerprint density at radius 1 is 0.667 bits per heavy atom. The van der Waals surface area contributed by atoms with Crippen molar-refractivity contribution < 1.29 is 0 Å². The van der Waals surface area contributed by atoms with Crippen LogP contribution in [0.4, 0.5) is 0 Å². The summed E-state index contributed by atoms with van der Waals surface area (Å²) in [6, 6.07) is 19.7. The molecule has 2 aromatic rings. The number of halogens is 1. The summed E-state index contributed by atoms with van der Waals surface area (Å²) in [6.07, 6.45) is 7.93. The lowest BCUT2D eigenvalue weighted by Gasteiger charge is -2.15. The standard InChI is InChI=1S/C20H21Br/c21-19-14-12-18(13-15-19)20(17-10-6-3-7-11-17)16-8-4-1-2-5-9-16/h3,6-7,10-15H,1-2,4-5,8-9H2. The number of benzene rings is 2. The van der Waals surface area contributed by atoms with Crippen LogP contribution >= 0.6 is 15.9 Å². The number of rotatable bonds is 2. The molecule has 1 aliphatic carbocycles. The van der Waals surface area contributed by atoms with Crippen LogP contribution in [0.3, 0.4) is 0 Å². The maximum absolute atomic E-state index is 3.54. The van der Waals surface area contributed by atoms with Crippen LogP contribution in [0, 0.1) is 0 Å². The van der Waals surface area contributed by atoms with E-state index in [9.17, 15) is 0 Å². The van der Waals surface area contributed by atoms with Gasteiger partial charge in [-0.25, -0.2) is 0 Å². The van der Waals surface area contributed by atoms with E-state index in [2.05, 4.69) is 70.5 Å². The highest BCUT2D eigenvalue weighted by atomic mass is 79.9. The van der Waals surface area contributed by atoms with Gasteiger partial charge in [0.05, 0.1) is 0 Å². The van der Waals surface area contributed by atoms with Gasteiger partial charge in [-0.1, -0.05) is 76.8 Å². The number of allylic oxidation sites excluding steroid dienone is 1. The monoisotopic (exact) mass is 340 g/mol.